The molecule has 0 aliphatic rings. The summed E-state index contributed by atoms with van der Waals surface area (Å²) >= 11 is 1.24. The molecule has 3 rings (SSSR count). The average Bonchev–Trinajstić information content (AvgIpc) is 2.98. The van der Waals surface area contributed by atoms with Crippen LogP contribution in [0.1, 0.15) is 26.4 Å². The zero-order chi connectivity index (χ0) is 18.0. The van der Waals surface area contributed by atoms with Gasteiger partial charge in [-0.25, -0.2) is 4.98 Å². The van der Waals surface area contributed by atoms with Crippen molar-refractivity contribution < 1.29 is 9.53 Å². The molecule has 0 spiro atoms. The zero-order valence-corrected chi connectivity index (χ0v) is 15.1. The van der Waals surface area contributed by atoms with Crippen LogP contribution in [-0.4, -0.2) is 17.9 Å². The van der Waals surface area contributed by atoms with Gasteiger partial charge in [0.2, 0.25) is 5.78 Å². The van der Waals surface area contributed by atoms with E-state index >= 15 is 0 Å². The quantitative estimate of drug-likeness (QED) is 0.668. The monoisotopic (exact) mass is 353 g/mol. The van der Waals surface area contributed by atoms with Crippen molar-refractivity contribution >= 4 is 33.8 Å². The molecule has 0 bridgehead atoms. The molecule has 3 aromatic rings. The predicted octanol–water partition coefficient (Wildman–Crippen LogP) is 4.33. The van der Waals surface area contributed by atoms with Gasteiger partial charge in [0, 0.05) is 5.69 Å². The van der Waals surface area contributed by atoms with E-state index in [1.807, 2.05) is 38.1 Å². The fraction of sp³-hybridized carbons (Fsp3) is 0.158. The highest BCUT2D eigenvalue weighted by Gasteiger charge is 2.21. The summed E-state index contributed by atoms with van der Waals surface area (Å²) in [5.74, 6) is 0.543. The number of nitrogens with two attached hydrogens (primary N) is 1. The Morgan fingerprint density at radius 2 is 1.80 bits per heavy atom. The number of hydrogen-bond donors (Lipinski definition) is 2. The molecule has 0 atom stereocenters. The van der Waals surface area contributed by atoms with Crippen LogP contribution in [-0.2, 0) is 0 Å². The van der Waals surface area contributed by atoms with Crippen LogP contribution in [0.3, 0.4) is 0 Å². The Bertz CT molecular complexity index is 914. The van der Waals surface area contributed by atoms with Gasteiger partial charge in [-0.15, -0.1) is 0 Å². The van der Waals surface area contributed by atoms with E-state index in [-0.39, 0.29) is 11.6 Å². The van der Waals surface area contributed by atoms with Crippen molar-refractivity contribution in [3.8, 4) is 5.75 Å². The molecule has 0 aliphatic heterocycles. The minimum absolute atomic E-state index is 0.193. The standard InChI is InChI=1S/C19H19N3O2S/c1-11-7-6-8-12(2)15(11)21-19-22-18(20)17(25-19)16(23)13-9-4-5-10-14(13)24-3/h4-10H,20H2,1-3H3,(H,21,22). The molecule has 0 amide bonds. The SMILES string of the molecule is COc1ccccc1C(=O)c1sc(Nc2c(C)cccc2C)nc1N. The third kappa shape index (κ3) is 3.34. The maximum absolute atomic E-state index is 12.8. The van der Waals surface area contributed by atoms with E-state index in [1.165, 1.54) is 18.4 Å². The van der Waals surface area contributed by atoms with Gasteiger partial charge in [0.15, 0.2) is 5.13 Å². The van der Waals surface area contributed by atoms with E-state index in [2.05, 4.69) is 10.3 Å². The third-order valence-electron chi connectivity index (χ3n) is 3.92. The molecule has 0 saturated carbocycles. The smallest absolute Gasteiger partial charge is 0.210 e. The minimum Gasteiger partial charge on any atom is -0.496 e. The number of hydrogen-bond acceptors (Lipinski definition) is 6. The van der Waals surface area contributed by atoms with Gasteiger partial charge in [0.05, 0.1) is 12.7 Å². The number of carbonyl (C=O) groups excluding carboxylic acids is 1. The molecule has 0 saturated heterocycles. The maximum atomic E-state index is 12.8. The number of benzene rings is 2. The molecule has 0 fully saturated rings. The number of aromatic nitrogens is 1. The molecule has 128 valence electrons. The second-order valence-corrected chi connectivity index (χ2v) is 6.65. The number of anilines is 3. The summed E-state index contributed by atoms with van der Waals surface area (Å²) in [6, 6.07) is 13.1. The van der Waals surface area contributed by atoms with Gasteiger partial charge >= 0.3 is 0 Å². The molecule has 1 aromatic heterocycles. The van der Waals surface area contributed by atoms with Crippen molar-refractivity contribution in [2.45, 2.75) is 13.8 Å². The van der Waals surface area contributed by atoms with Crippen LogP contribution in [0, 0.1) is 13.8 Å². The van der Waals surface area contributed by atoms with Crippen molar-refractivity contribution in [2.75, 3.05) is 18.2 Å². The van der Waals surface area contributed by atoms with Crippen LogP contribution in [0.4, 0.5) is 16.6 Å². The van der Waals surface area contributed by atoms with Crippen molar-refractivity contribution in [1.82, 2.24) is 4.98 Å². The number of ketones is 1. The van der Waals surface area contributed by atoms with E-state index in [4.69, 9.17) is 10.5 Å². The van der Waals surface area contributed by atoms with Crippen LogP contribution in [0.25, 0.3) is 0 Å². The highest BCUT2D eigenvalue weighted by Crippen LogP contribution is 2.33. The van der Waals surface area contributed by atoms with E-state index in [1.54, 1.807) is 18.2 Å². The third-order valence-corrected chi connectivity index (χ3v) is 4.91. The van der Waals surface area contributed by atoms with Crippen LogP contribution in [0.15, 0.2) is 42.5 Å². The predicted molar refractivity (Wildman–Crippen MR) is 102 cm³/mol. The number of rotatable bonds is 5. The fourth-order valence-corrected chi connectivity index (χ4v) is 3.46. The highest BCUT2D eigenvalue weighted by atomic mass is 32.1. The number of ether oxygens (including phenoxy) is 1. The van der Waals surface area contributed by atoms with Crippen molar-refractivity contribution in [2.24, 2.45) is 0 Å². The Labute approximate surface area is 150 Å². The summed E-state index contributed by atoms with van der Waals surface area (Å²) in [5.41, 5.74) is 9.66. The molecule has 2 aromatic carbocycles. The fourth-order valence-electron chi connectivity index (χ4n) is 2.62. The van der Waals surface area contributed by atoms with Crippen LogP contribution in [0.2, 0.25) is 0 Å². The van der Waals surface area contributed by atoms with Gasteiger partial charge in [0.25, 0.3) is 0 Å². The van der Waals surface area contributed by atoms with Crippen molar-refractivity contribution in [3.05, 3.63) is 64.0 Å². The lowest BCUT2D eigenvalue weighted by Crippen LogP contribution is -2.04. The summed E-state index contributed by atoms with van der Waals surface area (Å²) in [4.78, 5) is 17.5. The number of nitrogen functional groups attached to an aromatic ring is 1. The number of carbonyl (C=O) groups is 1. The number of para-hydroxylation sites is 2. The topological polar surface area (TPSA) is 77.2 Å². The highest BCUT2D eigenvalue weighted by molar-refractivity contribution is 7.18. The molecule has 0 radical (unpaired) electrons. The summed E-state index contributed by atoms with van der Waals surface area (Å²) in [5, 5.41) is 3.87. The van der Waals surface area contributed by atoms with Crippen molar-refractivity contribution in [1.29, 1.82) is 0 Å². The summed E-state index contributed by atoms with van der Waals surface area (Å²) in [6.45, 7) is 4.04. The first-order chi connectivity index (χ1) is 12.0. The molecular weight excluding hydrogens is 334 g/mol. The largest absolute Gasteiger partial charge is 0.496 e. The lowest BCUT2D eigenvalue weighted by molar-refractivity contribution is 0.104. The second-order valence-electron chi connectivity index (χ2n) is 5.65. The Kier molecular flexibility index (Phi) is 4.72. The van der Waals surface area contributed by atoms with Gasteiger partial charge < -0.3 is 15.8 Å². The number of nitrogens with zero attached hydrogens (tertiary/aromatic N) is 1. The molecule has 0 unspecified atom stereocenters. The zero-order valence-electron chi connectivity index (χ0n) is 14.3. The summed E-state index contributed by atoms with van der Waals surface area (Å²) < 4.78 is 5.27. The minimum atomic E-state index is -0.193. The number of nitrogens with one attached hydrogen (secondary N) is 1. The van der Waals surface area contributed by atoms with Crippen LogP contribution in [0.5, 0.6) is 5.75 Å². The molecule has 0 aliphatic carbocycles. The van der Waals surface area contributed by atoms with Gasteiger partial charge in [0.1, 0.15) is 16.4 Å². The Morgan fingerprint density at radius 1 is 1.12 bits per heavy atom. The number of methoxy groups -OCH3 is 1. The molecule has 3 N–H and O–H groups in total. The van der Waals surface area contributed by atoms with E-state index in [0.717, 1.165) is 16.8 Å². The molecular formula is C19H19N3O2S. The normalized spacial score (nSPS) is 10.5. The lowest BCUT2D eigenvalue weighted by atomic mass is 10.1. The van der Waals surface area contributed by atoms with Crippen LogP contribution < -0.4 is 15.8 Å². The van der Waals surface area contributed by atoms with E-state index < -0.39 is 0 Å². The molecule has 5 nitrogen and oxygen atoms in total. The summed E-state index contributed by atoms with van der Waals surface area (Å²) in [6.07, 6.45) is 0. The first-order valence-corrected chi connectivity index (χ1v) is 8.60. The Balaban J connectivity index is 1.94. The molecule has 1 heterocycles. The Morgan fingerprint density at radius 3 is 2.48 bits per heavy atom. The van der Waals surface area contributed by atoms with Crippen LogP contribution >= 0.6 is 11.3 Å². The van der Waals surface area contributed by atoms with Crippen molar-refractivity contribution in [3.63, 3.8) is 0 Å². The first kappa shape index (κ1) is 17.0. The molecule has 6 heteroatoms. The first-order valence-electron chi connectivity index (χ1n) is 7.78. The van der Waals surface area contributed by atoms with Gasteiger partial charge in [-0.3, -0.25) is 4.79 Å². The lowest BCUT2D eigenvalue weighted by Gasteiger charge is -2.09. The maximum Gasteiger partial charge on any atom is 0.210 e. The number of thiazole rings is 1. The second kappa shape index (κ2) is 6.94. The van der Waals surface area contributed by atoms with Gasteiger partial charge in [-0.2, -0.15) is 0 Å². The van der Waals surface area contributed by atoms with Gasteiger partial charge in [-0.05, 0) is 37.1 Å². The van der Waals surface area contributed by atoms with E-state index in [0.29, 0.717) is 21.3 Å². The summed E-state index contributed by atoms with van der Waals surface area (Å²) in [7, 11) is 1.54. The average molecular weight is 353 g/mol. The van der Waals surface area contributed by atoms with Gasteiger partial charge in [-0.1, -0.05) is 41.7 Å². The van der Waals surface area contributed by atoms with E-state index in [9.17, 15) is 4.79 Å². The Hall–Kier alpha value is -2.86. The number of aryl methyl sites for hydroxylation is 2. The molecule has 25 heavy (non-hydrogen) atoms.